The number of amides is 1. The fourth-order valence-corrected chi connectivity index (χ4v) is 2.34. The Balaban J connectivity index is 1.94. The van der Waals surface area contributed by atoms with Crippen molar-refractivity contribution >= 4 is 29.1 Å². The summed E-state index contributed by atoms with van der Waals surface area (Å²) in [6.45, 7) is 0.666. The molecule has 0 heterocycles. The first-order valence-electron chi connectivity index (χ1n) is 6.88. The minimum Gasteiger partial charge on any atom is -0.489 e. The van der Waals surface area contributed by atoms with Crippen LogP contribution in [0.4, 0.5) is 0 Å². The minimum absolute atomic E-state index is 0.148. The Labute approximate surface area is 144 Å². The summed E-state index contributed by atoms with van der Waals surface area (Å²) in [5.74, 6) is 0.370. The van der Waals surface area contributed by atoms with E-state index in [1.807, 2.05) is 30.3 Å². The molecule has 0 unspecified atom stereocenters. The number of hydrogen-bond acceptors (Lipinski definition) is 3. The Hall–Kier alpha value is -2.22. The highest BCUT2D eigenvalue weighted by molar-refractivity contribution is 6.35. The van der Waals surface area contributed by atoms with Crippen LogP contribution in [0.5, 0.6) is 5.75 Å². The quantitative estimate of drug-likeness (QED) is 0.854. The van der Waals surface area contributed by atoms with Crippen LogP contribution in [0.15, 0.2) is 42.5 Å². The zero-order valence-corrected chi connectivity index (χ0v) is 13.7. The van der Waals surface area contributed by atoms with E-state index >= 15 is 0 Å². The highest BCUT2D eigenvalue weighted by Gasteiger charge is 2.04. The van der Waals surface area contributed by atoms with Crippen LogP contribution in [0.3, 0.4) is 0 Å². The van der Waals surface area contributed by atoms with Gasteiger partial charge in [0.15, 0.2) is 0 Å². The van der Waals surface area contributed by atoms with Crippen molar-refractivity contribution in [3.63, 3.8) is 0 Å². The van der Waals surface area contributed by atoms with Gasteiger partial charge in [0.25, 0.3) is 0 Å². The number of nitrogens with one attached hydrogen (secondary N) is 1. The van der Waals surface area contributed by atoms with Crippen LogP contribution < -0.4 is 10.1 Å². The van der Waals surface area contributed by atoms with E-state index < -0.39 is 0 Å². The number of rotatable bonds is 6. The number of nitrogens with zero attached hydrogens (tertiary/aromatic N) is 1. The molecular weight excluding hydrogens is 335 g/mol. The molecule has 1 amide bonds. The third-order valence-corrected chi connectivity index (χ3v) is 3.62. The van der Waals surface area contributed by atoms with Gasteiger partial charge in [-0.3, -0.25) is 4.79 Å². The summed E-state index contributed by atoms with van der Waals surface area (Å²) in [4.78, 5) is 11.3. The van der Waals surface area contributed by atoms with Gasteiger partial charge in [0.05, 0.1) is 6.07 Å². The topological polar surface area (TPSA) is 62.1 Å². The fraction of sp³-hybridized carbons (Fsp3) is 0.176. The second-order valence-corrected chi connectivity index (χ2v) is 5.63. The maximum Gasteiger partial charge on any atom is 0.234 e. The molecule has 0 aliphatic rings. The molecule has 0 spiro atoms. The highest BCUT2D eigenvalue weighted by atomic mass is 35.5. The molecule has 4 nitrogen and oxygen atoms in total. The predicted molar refractivity (Wildman–Crippen MR) is 89.3 cm³/mol. The molecule has 6 heteroatoms. The molecule has 0 aliphatic heterocycles. The van der Waals surface area contributed by atoms with Gasteiger partial charge in [-0.05, 0) is 29.8 Å². The van der Waals surface area contributed by atoms with Crippen LogP contribution in [0.2, 0.25) is 10.0 Å². The van der Waals surface area contributed by atoms with E-state index in [0.29, 0.717) is 28.9 Å². The second kappa shape index (κ2) is 8.42. The lowest BCUT2D eigenvalue weighted by atomic mass is 10.2. The smallest absolute Gasteiger partial charge is 0.234 e. The number of carbonyl (C=O) groups excluding carboxylic acids is 1. The lowest BCUT2D eigenvalue weighted by Crippen LogP contribution is -2.21. The summed E-state index contributed by atoms with van der Waals surface area (Å²) in [5, 5.41) is 12.2. The molecule has 23 heavy (non-hydrogen) atoms. The molecule has 2 rings (SSSR count). The van der Waals surface area contributed by atoms with Crippen molar-refractivity contribution in [2.75, 3.05) is 0 Å². The van der Waals surface area contributed by atoms with Crippen LogP contribution in [0.1, 0.15) is 17.5 Å². The van der Waals surface area contributed by atoms with Crippen molar-refractivity contribution in [3.05, 3.63) is 63.6 Å². The predicted octanol–water partition coefficient (Wildman–Crippen LogP) is 4.10. The van der Waals surface area contributed by atoms with Gasteiger partial charge >= 0.3 is 0 Å². The molecule has 0 saturated heterocycles. The van der Waals surface area contributed by atoms with Gasteiger partial charge in [-0.2, -0.15) is 5.26 Å². The van der Waals surface area contributed by atoms with Crippen molar-refractivity contribution in [1.82, 2.24) is 5.32 Å². The molecule has 0 aromatic heterocycles. The average molecular weight is 349 g/mol. The van der Waals surface area contributed by atoms with E-state index in [0.717, 1.165) is 11.1 Å². The summed E-state index contributed by atoms with van der Waals surface area (Å²) < 4.78 is 5.72. The van der Waals surface area contributed by atoms with Gasteiger partial charge in [0.2, 0.25) is 5.91 Å². The van der Waals surface area contributed by atoms with E-state index in [-0.39, 0.29) is 12.3 Å². The summed E-state index contributed by atoms with van der Waals surface area (Å²) in [6.07, 6.45) is -0.148. The normalized spacial score (nSPS) is 9.96. The minimum atomic E-state index is -0.299. The Kier molecular flexibility index (Phi) is 6.28. The first-order valence-corrected chi connectivity index (χ1v) is 7.63. The largest absolute Gasteiger partial charge is 0.489 e. The van der Waals surface area contributed by atoms with Gasteiger partial charge in [0.1, 0.15) is 18.8 Å². The average Bonchev–Trinajstić information content (AvgIpc) is 2.53. The molecule has 0 atom stereocenters. The SMILES string of the molecule is N#CCC(=O)NCc1cccc(OCc2ccc(Cl)cc2Cl)c1. The van der Waals surface area contributed by atoms with Crippen molar-refractivity contribution < 1.29 is 9.53 Å². The number of halogens is 2. The van der Waals surface area contributed by atoms with Crippen LogP contribution in [0, 0.1) is 11.3 Å². The van der Waals surface area contributed by atoms with Gasteiger partial charge in [0, 0.05) is 22.2 Å². The summed E-state index contributed by atoms with van der Waals surface area (Å²) >= 11 is 12.0. The maximum absolute atomic E-state index is 11.3. The molecule has 0 aliphatic carbocycles. The van der Waals surface area contributed by atoms with E-state index in [9.17, 15) is 4.79 Å². The Morgan fingerprint density at radius 1 is 1.22 bits per heavy atom. The zero-order valence-electron chi connectivity index (χ0n) is 12.2. The van der Waals surface area contributed by atoms with Crippen molar-refractivity contribution in [2.24, 2.45) is 0 Å². The van der Waals surface area contributed by atoms with Gasteiger partial charge in [-0.15, -0.1) is 0 Å². The van der Waals surface area contributed by atoms with Crippen LogP contribution in [-0.2, 0) is 17.9 Å². The third-order valence-electron chi connectivity index (χ3n) is 3.04. The molecular formula is C17H14Cl2N2O2. The molecule has 0 saturated carbocycles. The highest BCUT2D eigenvalue weighted by Crippen LogP contribution is 2.23. The standard InChI is InChI=1S/C17H14Cl2N2O2/c18-14-5-4-13(16(19)9-14)11-23-15-3-1-2-12(8-15)10-21-17(22)6-7-20/h1-5,8-9H,6,10-11H2,(H,21,22). The summed E-state index contributed by atoms with van der Waals surface area (Å²) in [5.41, 5.74) is 1.72. The fourth-order valence-electron chi connectivity index (χ4n) is 1.88. The maximum atomic E-state index is 11.3. The monoisotopic (exact) mass is 348 g/mol. The van der Waals surface area contributed by atoms with Gasteiger partial charge in [-0.25, -0.2) is 0 Å². The first kappa shape index (κ1) is 17.1. The van der Waals surface area contributed by atoms with Crippen LogP contribution >= 0.6 is 23.2 Å². The Bertz CT molecular complexity index is 742. The van der Waals surface area contributed by atoms with Crippen molar-refractivity contribution in [1.29, 1.82) is 5.26 Å². The molecule has 0 radical (unpaired) electrons. The number of ether oxygens (including phenoxy) is 1. The Morgan fingerprint density at radius 3 is 2.78 bits per heavy atom. The number of nitriles is 1. The molecule has 2 aromatic carbocycles. The van der Waals surface area contributed by atoms with Gasteiger partial charge < -0.3 is 10.1 Å². The second-order valence-electron chi connectivity index (χ2n) is 4.78. The van der Waals surface area contributed by atoms with E-state index in [2.05, 4.69) is 5.32 Å². The number of benzene rings is 2. The van der Waals surface area contributed by atoms with Gasteiger partial charge in [-0.1, -0.05) is 41.4 Å². The third kappa shape index (κ3) is 5.48. The Morgan fingerprint density at radius 2 is 2.04 bits per heavy atom. The zero-order chi connectivity index (χ0) is 16.7. The summed E-state index contributed by atoms with van der Waals surface area (Å²) in [6, 6.07) is 14.4. The number of carbonyl (C=O) groups is 1. The molecule has 1 N–H and O–H groups in total. The first-order chi connectivity index (χ1) is 11.1. The lowest BCUT2D eigenvalue weighted by molar-refractivity contribution is -0.120. The van der Waals surface area contributed by atoms with Crippen LogP contribution in [0.25, 0.3) is 0 Å². The summed E-state index contributed by atoms with van der Waals surface area (Å²) in [7, 11) is 0. The van der Waals surface area contributed by atoms with E-state index in [1.54, 1.807) is 18.2 Å². The van der Waals surface area contributed by atoms with E-state index in [1.165, 1.54) is 0 Å². The molecule has 0 fully saturated rings. The van der Waals surface area contributed by atoms with Crippen LogP contribution in [-0.4, -0.2) is 5.91 Å². The van der Waals surface area contributed by atoms with E-state index in [4.69, 9.17) is 33.2 Å². The molecule has 118 valence electrons. The molecule has 0 bridgehead atoms. The van der Waals surface area contributed by atoms with Crippen molar-refractivity contribution in [3.8, 4) is 11.8 Å². The molecule has 2 aromatic rings. The number of hydrogen-bond donors (Lipinski definition) is 1. The lowest BCUT2D eigenvalue weighted by Gasteiger charge is -2.10. The van der Waals surface area contributed by atoms with Crippen molar-refractivity contribution in [2.45, 2.75) is 19.6 Å².